The molecule has 0 fully saturated rings. The maximum Gasteiger partial charge on any atom is 0.472 e. The van der Waals surface area contributed by atoms with Gasteiger partial charge < -0.3 is 19.4 Å². The summed E-state index contributed by atoms with van der Waals surface area (Å²) in [6, 6.07) is -0.914. The van der Waals surface area contributed by atoms with Crippen molar-refractivity contribution in [3.63, 3.8) is 0 Å². The van der Waals surface area contributed by atoms with Crippen LogP contribution in [0.5, 0.6) is 0 Å². The Labute approximate surface area is 452 Å². The third kappa shape index (κ3) is 52.5. The van der Waals surface area contributed by atoms with E-state index in [2.05, 4.69) is 99.0 Å². The highest BCUT2D eigenvalue weighted by Crippen LogP contribution is 2.43. The summed E-state index contributed by atoms with van der Waals surface area (Å²) in [5.74, 6) is -0.672. The van der Waals surface area contributed by atoms with Gasteiger partial charge in [0.05, 0.1) is 33.8 Å². The van der Waals surface area contributed by atoms with Crippen LogP contribution in [-0.2, 0) is 27.9 Å². The van der Waals surface area contributed by atoms with Crippen LogP contribution in [0.25, 0.3) is 0 Å². The van der Waals surface area contributed by atoms with E-state index in [1.165, 1.54) is 51.4 Å². The maximum absolute atomic E-state index is 13.5. The van der Waals surface area contributed by atoms with Gasteiger partial charge in [0.15, 0.2) is 0 Å². The number of allylic oxidation sites excluding steroid dienone is 25. The average Bonchev–Trinajstić information content (AvgIpc) is 3.36. The van der Waals surface area contributed by atoms with Crippen molar-refractivity contribution < 1.29 is 37.3 Å². The SMILES string of the molecule is CC\C=C/C=C/C=C/C=C\C=C\C=C\CCCCCC(=O)NC(COP(=O)(O)OCC[N+](C)(C)C)C(/C=C/CCCCCCCCCCCC)OC(=O)CC/C=C\C/C=C\C/C=C\C/C=C\C/C=C\C/C=C\CC. The number of quaternary nitrogens is 1. The van der Waals surface area contributed by atoms with Gasteiger partial charge in [-0.25, -0.2) is 4.57 Å². The monoisotopic (exact) mass is 1040 g/mol. The van der Waals surface area contributed by atoms with Crippen LogP contribution < -0.4 is 5.32 Å². The van der Waals surface area contributed by atoms with Crippen LogP contribution in [0.2, 0.25) is 0 Å². The summed E-state index contributed by atoms with van der Waals surface area (Å²) in [5, 5.41) is 2.99. The van der Waals surface area contributed by atoms with Crippen molar-refractivity contribution >= 4 is 19.7 Å². The van der Waals surface area contributed by atoms with Crippen molar-refractivity contribution in [2.45, 2.75) is 193 Å². The Bertz CT molecular complexity index is 1820. The number of hydrogen-bond acceptors (Lipinski definition) is 6. The number of nitrogens with zero attached hydrogens (tertiary/aromatic N) is 1. The minimum Gasteiger partial charge on any atom is -0.456 e. The lowest BCUT2D eigenvalue weighted by Gasteiger charge is -2.27. The Balaban J connectivity index is 5.59. The Hall–Kier alpha value is -4.37. The first-order valence-corrected chi connectivity index (χ1v) is 29.9. The number of likely N-dealkylation sites (N-methyl/N-ethyl adjacent to an activating group) is 1. The summed E-state index contributed by atoms with van der Waals surface area (Å²) in [7, 11) is 1.39. The quantitative estimate of drug-likeness (QED) is 0.0156. The smallest absolute Gasteiger partial charge is 0.456 e. The number of hydrogen-bond donors (Lipinski definition) is 2. The fourth-order valence-electron chi connectivity index (χ4n) is 7.05. The third-order valence-corrected chi connectivity index (χ3v) is 12.4. The van der Waals surface area contributed by atoms with Gasteiger partial charge in [0.25, 0.3) is 0 Å². The van der Waals surface area contributed by atoms with E-state index in [-0.39, 0.29) is 32.0 Å². The maximum atomic E-state index is 13.5. The van der Waals surface area contributed by atoms with Gasteiger partial charge in [0, 0.05) is 12.8 Å². The molecular formula is C64H104N2O7P+. The van der Waals surface area contributed by atoms with E-state index in [9.17, 15) is 19.0 Å². The van der Waals surface area contributed by atoms with Crippen molar-refractivity contribution in [1.29, 1.82) is 0 Å². The summed E-state index contributed by atoms with van der Waals surface area (Å²) < 4.78 is 30.5. The number of ether oxygens (including phenoxy) is 1. The van der Waals surface area contributed by atoms with Gasteiger partial charge in [-0.2, -0.15) is 0 Å². The number of unbranched alkanes of at least 4 members (excludes halogenated alkanes) is 13. The molecule has 0 aromatic carbocycles. The molecule has 0 radical (unpaired) electrons. The standard InChI is InChI=1S/C64H103N2O7P/c1-7-10-13-16-19-22-25-28-30-32-33-35-37-39-42-45-48-51-54-57-64(68)73-62(55-52-49-46-43-40-27-24-21-18-15-12-9-3)61(60-72-74(69,70)71-59-58-66(4,5)6)65-63(67)56-53-50-47-44-41-38-36-34-31-29-26-23-20-17-14-11-8-2/h10-11,13-14,17,19-20,22-23,26,28-31,33-36,38-39,41-42,48,51-52,55,61-62H,7-9,12,15-16,18,21,24-25,27,32,37,40,43-47,49-50,53-54,56-60H2,1-6H3,(H-,65,67,69,70)/p+1/b13-10-,14-11-,20-17+,22-19-,26-23+,30-28-,31-29-,35-33-,36-34+,41-38+,42-39-,51-48-,55-52+. The zero-order chi connectivity index (χ0) is 54.3. The summed E-state index contributed by atoms with van der Waals surface area (Å²) in [5.41, 5.74) is 0. The Kier molecular flexibility index (Phi) is 49.0. The molecule has 0 rings (SSSR count). The number of phosphoric acid groups is 1. The van der Waals surface area contributed by atoms with Gasteiger partial charge in [0.2, 0.25) is 5.91 Å². The molecule has 0 spiro atoms. The van der Waals surface area contributed by atoms with Crippen molar-refractivity contribution in [1.82, 2.24) is 5.32 Å². The molecule has 0 heterocycles. The topological polar surface area (TPSA) is 111 Å². The molecule has 0 aliphatic heterocycles. The molecule has 9 nitrogen and oxygen atoms in total. The van der Waals surface area contributed by atoms with Gasteiger partial charge in [0.1, 0.15) is 19.3 Å². The molecule has 10 heteroatoms. The Morgan fingerprint density at radius 1 is 0.500 bits per heavy atom. The van der Waals surface area contributed by atoms with Crippen LogP contribution >= 0.6 is 7.82 Å². The Morgan fingerprint density at radius 2 is 0.946 bits per heavy atom. The molecule has 3 unspecified atom stereocenters. The zero-order valence-electron chi connectivity index (χ0n) is 47.3. The van der Waals surface area contributed by atoms with E-state index in [1.807, 2.05) is 100 Å². The Morgan fingerprint density at radius 3 is 1.46 bits per heavy atom. The lowest BCUT2D eigenvalue weighted by atomic mass is 10.1. The highest BCUT2D eigenvalue weighted by molar-refractivity contribution is 7.47. The van der Waals surface area contributed by atoms with Crippen molar-refractivity contribution in [3.8, 4) is 0 Å². The molecular weight excluding hydrogens is 940 g/mol. The predicted octanol–water partition coefficient (Wildman–Crippen LogP) is 17.3. The van der Waals surface area contributed by atoms with Crippen LogP contribution in [-0.4, -0.2) is 74.3 Å². The molecule has 0 aliphatic carbocycles. The van der Waals surface area contributed by atoms with Gasteiger partial charge in [-0.1, -0.05) is 237 Å². The molecule has 3 atom stereocenters. The van der Waals surface area contributed by atoms with E-state index >= 15 is 0 Å². The van der Waals surface area contributed by atoms with E-state index in [0.717, 1.165) is 83.5 Å². The highest BCUT2D eigenvalue weighted by Gasteiger charge is 2.30. The molecule has 0 aromatic heterocycles. The lowest BCUT2D eigenvalue weighted by Crippen LogP contribution is -2.47. The molecule has 74 heavy (non-hydrogen) atoms. The molecule has 0 saturated carbocycles. The first-order chi connectivity index (χ1) is 35.9. The second kappa shape index (κ2) is 52.1. The van der Waals surface area contributed by atoms with Crippen LogP contribution in [0, 0.1) is 0 Å². The van der Waals surface area contributed by atoms with E-state index in [1.54, 1.807) is 6.08 Å². The number of carbonyl (C=O) groups excluding carboxylic acids is 2. The van der Waals surface area contributed by atoms with Gasteiger partial charge >= 0.3 is 13.8 Å². The fourth-order valence-corrected chi connectivity index (χ4v) is 7.79. The minimum absolute atomic E-state index is 0.00975. The second-order valence-corrected chi connectivity index (χ2v) is 20.9. The third-order valence-electron chi connectivity index (χ3n) is 11.4. The summed E-state index contributed by atoms with van der Waals surface area (Å²) >= 11 is 0. The number of phosphoric ester groups is 1. The number of nitrogens with one attached hydrogen (secondary N) is 1. The van der Waals surface area contributed by atoms with Crippen LogP contribution in [0.3, 0.4) is 0 Å². The largest absolute Gasteiger partial charge is 0.472 e. The predicted molar refractivity (Wildman–Crippen MR) is 318 cm³/mol. The zero-order valence-corrected chi connectivity index (χ0v) is 48.2. The summed E-state index contributed by atoms with van der Waals surface area (Å²) in [6.07, 6.45) is 76.8. The van der Waals surface area contributed by atoms with Crippen LogP contribution in [0.4, 0.5) is 0 Å². The van der Waals surface area contributed by atoms with Gasteiger partial charge in [-0.05, 0) is 89.5 Å². The molecule has 0 saturated heterocycles. The first kappa shape index (κ1) is 69.6. The number of amides is 1. The van der Waals surface area contributed by atoms with Gasteiger partial charge in [-0.15, -0.1) is 0 Å². The summed E-state index contributed by atoms with van der Waals surface area (Å²) in [6.45, 7) is 6.62. The van der Waals surface area contributed by atoms with E-state index < -0.39 is 25.9 Å². The normalized spacial score (nSPS) is 15.0. The van der Waals surface area contributed by atoms with E-state index in [0.29, 0.717) is 23.9 Å². The number of esters is 1. The van der Waals surface area contributed by atoms with Crippen molar-refractivity contribution in [2.24, 2.45) is 0 Å². The first-order valence-electron chi connectivity index (χ1n) is 28.4. The fraction of sp³-hybridized carbons (Fsp3) is 0.562. The number of rotatable bonds is 48. The molecule has 1 amide bonds. The van der Waals surface area contributed by atoms with E-state index in [4.69, 9.17) is 13.8 Å². The molecule has 0 aromatic rings. The molecule has 0 bridgehead atoms. The molecule has 0 aliphatic rings. The van der Waals surface area contributed by atoms with Crippen LogP contribution in [0.1, 0.15) is 181 Å². The summed E-state index contributed by atoms with van der Waals surface area (Å²) in [4.78, 5) is 37.5. The van der Waals surface area contributed by atoms with Gasteiger partial charge in [-0.3, -0.25) is 18.6 Å². The molecule has 2 N–H and O–H groups in total. The number of carbonyl (C=O) groups is 2. The minimum atomic E-state index is -4.49. The molecule has 416 valence electrons. The lowest BCUT2D eigenvalue weighted by molar-refractivity contribution is -0.870. The van der Waals surface area contributed by atoms with Crippen LogP contribution in [0.15, 0.2) is 158 Å². The second-order valence-electron chi connectivity index (χ2n) is 19.5. The average molecular weight is 1040 g/mol. The van der Waals surface area contributed by atoms with Crippen molar-refractivity contribution in [2.75, 3.05) is 40.9 Å². The van der Waals surface area contributed by atoms with Crippen molar-refractivity contribution in [3.05, 3.63) is 158 Å². The highest BCUT2D eigenvalue weighted by atomic mass is 31.2.